The Hall–Kier alpha value is -1.06. The van der Waals surface area contributed by atoms with Crippen LogP contribution in [0, 0.1) is 0 Å². The van der Waals surface area contributed by atoms with E-state index in [1.165, 1.54) is 38.5 Å². The molecule has 1 aliphatic rings. The van der Waals surface area contributed by atoms with E-state index < -0.39 is 0 Å². The SMILES string of the molecule is NCc1cccc(OCCCOC2CCCCCC2)c1. The fourth-order valence-corrected chi connectivity index (χ4v) is 2.67. The molecule has 1 aromatic carbocycles. The lowest BCUT2D eigenvalue weighted by Crippen LogP contribution is -2.14. The van der Waals surface area contributed by atoms with Gasteiger partial charge in [-0.2, -0.15) is 0 Å². The van der Waals surface area contributed by atoms with Crippen molar-refractivity contribution < 1.29 is 9.47 Å². The van der Waals surface area contributed by atoms with Crippen LogP contribution in [0.3, 0.4) is 0 Å². The highest BCUT2D eigenvalue weighted by Crippen LogP contribution is 2.20. The van der Waals surface area contributed by atoms with Crippen LogP contribution in [0.15, 0.2) is 24.3 Å². The molecule has 0 radical (unpaired) electrons. The summed E-state index contributed by atoms with van der Waals surface area (Å²) in [5.74, 6) is 0.905. The standard InChI is InChI=1S/C17H27NO2/c18-14-15-7-5-10-17(13-15)20-12-6-11-19-16-8-3-1-2-4-9-16/h5,7,10,13,16H,1-4,6,8-9,11-12,14,18H2. The molecule has 2 N–H and O–H groups in total. The van der Waals surface area contributed by atoms with Gasteiger partial charge in [-0.1, -0.05) is 37.8 Å². The smallest absolute Gasteiger partial charge is 0.119 e. The van der Waals surface area contributed by atoms with Gasteiger partial charge in [0.05, 0.1) is 19.3 Å². The second-order valence-corrected chi connectivity index (χ2v) is 5.54. The van der Waals surface area contributed by atoms with Crippen molar-refractivity contribution in [2.24, 2.45) is 5.73 Å². The predicted octanol–water partition coefficient (Wildman–Crippen LogP) is 3.65. The van der Waals surface area contributed by atoms with Crippen molar-refractivity contribution in [1.82, 2.24) is 0 Å². The molecule has 2 rings (SSSR count). The van der Waals surface area contributed by atoms with Gasteiger partial charge in [0, 0.05) is 13.0 Å². The molecule has 0 aromatic heterocycles. The van der Waals surface area contributed by atoms with E-state index in [-0.39, 0.29) is 0 Å². The minimum absolute atomic E-state index is 0.484. The lowest BCUT2D eigenvalue weighted by atomic mass is 10.1. The Morgan fingerprint density at radius 1 is 1.05 bits per heavy atom. The quantitative estimate of drug-likeness (QED) is 0.611. The van der Waals surface area contributed by atoms with Gasteiger partial charge >= 0.3 is 0 Å². The Morgan fingerprint density at radius 2 is 1.85 bits per heavy atom. The van der Waals surface area contributed by atoms with Crippen LogP contribution in [0.5, 0.6) is 5.75 Å². The van der Waals surface area contributed by atoms with Gasteiger partial charge in [-0.25, -0.2) is 0 Å². The van der Waals surface area contributed by atoms with Gasteiger partial charge in [0.2, 0.25) is 0 Å². The Kier molecular flexibility index (Phi) is 6.89. The fourth-order valence-electron chi connectivity index (χ4n) is 2.67. The largest absolute Gasteiger partial charge is 0.493 e. The summed E-state index contributed by atoms with van der Waals surface area (Å²) in [6.07, 6.45) is 9.31. The van der Waals surface area contributed by atoms with Gasteiger partial charge in [-0.05, 0) is 30.5 Å². The first kappa shape index (κ1) is 15.3. The van der Waals surface area contributed by atoms with Crippen molar-refractivity contribution in [3.63, 3.8) is 0 Å². The molecular formula is C17H27NO2. The second kappa shape index (κ2) is 8.98. The summed E-state index contributed by atoms with van der Waals surface area (Å²) in [5.41, 5.74) is 6.72. The van der Waals surface area contributed by atoms with E-state index in [4.69, 9.17) is 15.2 Å². The van der Waals surface area contributed by atoms with Crippen molar-refractivity contribution in [2.75, 3.05) is 13.2 Å². The summed E-state index contributed by atoms with van der Waals surface area (Å²) in [4.78, 5) is 0. The molecule has 3 nitrogen and oxygen atoms in total. The second-order valence-electron chi connectivity index (χ2n) is 5.54. The minimum Gasteiger partial charge on any atom is -0.493 e. The molecule has 1 aliphatic carbocycles. The molecule has 1 saturated carbocycles. The van der Waals surface area contributed by atoms with Gasteiger partial charge in [0.25, 0.3) is 0 Å². The van der Waals surface area contributed by atoms with Gasteiger partial charge in [0.1, 0.15) is 5.75 Å². The zero-order valence-electron chi connectivity index (χ0n) is 12.4. The first-order chi connectivity index (χ1) is 9.88. The van der Waals surface area contributed by atoms with Crippen LogP contribution in [0.25, 0.3) is 0 Å². The molecule has 0 spiro atoms. The average Bonchev–Trinajstić information content (AvgIpc) is 2.76. The van der Waals surface area contributed by atoms with Gasteiger partial charge in [0.15, 0.2) is 0 Å². The lowest BCUT2D eigenvalue weighted by Gasteiger charge is -2.15. The minimum atomic E-state index is 0.484. The molecule has 0 heterocycles. The van der Waals surface area contributed by atoms with E-state index in [1.54, 1.807) is 0 Å². The summed E-state index contributed by atoms with van der Waals surface area (Å²) in [6.45, 7) is 2.07. The predicted molar refractivity (Wildman–Crippen MR) is 81.9 cm³/mol. The van der Waals surface area contributed by atoms with E-state index in [0.717, 1.165) is 24.3 Å². The van der Waals surface area contributed by atoms with Crippen LogP contribution in [-0.2, 0) is 11.3 Å². The third-order valence-electron chi connectivity index (χ3n) is 3.85. The van der Waals surface area contributed by atoms with Crippen LogP contribution in [0.4, 0.5) is 0 Å². The molecule has 1 aromatic rings. The summed E-state index contributed by atoms with van der Waals surface area (Å²) >= 11 is 0. The Labute approximate surface area is 122 Å². The molecule has 3 heteroatoms. The molecule has 0 bridgehead atoms. The number of rotatable bonds is 7. The summed E-state index contributed by atoms with van der Waals surface area (Å²) in [6, 6.07) is 7.99. The highest BCUT2D eigenvalue weighted by molar-refractivity contribution is 5.28. The number of hydrogen-bond donors (Lipinski definition) is 1. The van der Waals surface area contributed by atoms with Gasteiger partial charge in [-0.3, -0.25) is 0 Å². The molecule has 20 heavy (non-hydrogen) atoms. The number of hydrogen-bond acceptors (Lipinski definition) is 3. The van der Waals surface area contributed by atoms with Crippen LogP contribution in [0.2, 0.25) is 0 Å². The van der Waals surface area contributed by atoms with E-state index in [0.29, 0.717) is 19.3 Å². The zero-order chi connectivity index (χ0) is 14.0. The van der Waals surface area contributed by atoms with E-state index in [9.17, 15) is 0 Å². The maximum Gasteiger partial charge on any atom is 0.119 e. The average molecular weight is 277 g/mol. The maximum absolute atomic E-state index is 5.95. The lowest BCUT2D eigenvalue weighted by molar-refractivity contribution is 0.0364. The van der Waals surface area contributed by atoms with E-state index in [2.05, 4.69) is 0 Å². The Balaban J connectivity index is 1.58. The van der Waals surface area contributed by atoms with Crippen molar-refractivity contribution in [1.29, 1.82) is 0 Å². The van der Waals surface area contributed by atoms with Gasteiger partial charge in [-0.15, -0.1) is 0 Å². The highest BCUT2D eigenvalue weighted by atomic mass is 16.5. The summed E-state index contributed by atoms with van der Waals surface area (Å²) in [5, 5.41) is 0. The topological polar surface area (TPSA) is 44.5 Å². The van der Waals surface area contributed by atoms with E-state index >= 15 is 0 Å². The fraction of sp³-hybridized carbons (Fsp3) is 0.647. The third-order valence-corrected chi connectivity index (χ3v) is 3.85. The number of benzene rings is 1. The first-order valence-electron chi connectivity index (χ1n) is 7.92. The Bertz CT molecular complexity index is 373. The van der Waals surface area contributed by atoms with Crippen molar-refractivity contribution in [3.8, 4) is 5.75 Å². The third kappa shape index (κ3) is 5.51. The zero-order valence-corrected chi connectivity index (χ0v) is 12.4. The van der Waals surface area contributed by atoms with Crippen molar-refractivity contribution >= 4 is 0 Å². The molecule has 0 atom stereocenters. The normalized spacial score (nSPS) is 16.9. The number of nitrogens with two attached hydrogens (primary N) is 1. The maximum atomic E-state index is 5.95. The Morgan fingerprint density at radius 3 is 2.60 bits per heavy atom. The molecule has 0 aliphatic heterocycles. The van der Waals surface area contributed by atoms with Crippen LogP contribution in [-0.4, -0.2) is 19.3 Å². The summed E-state index contributed by atoms with van der Waals surface area (Å²) < 4.78 is 11.7. The van der Waals surface area contributed by atoms with Crippen molar-refractivity contribution in [2.45, 2.75) is 57.6 Å². The first-order valence-corrected chi connectivity index (χ1v) is 7.92. The highest BCUT2D eigenvalue weighted by Gasteiger charge is 2.11. The molecule has 0 saturated heterocycles. The molecule has 112 valence electrons. The van der Waals surface area contributed by atoms with Crippen LogP contribution >= 0.6 is 0 Å². The van der Waals surface area contributed by atoms with E-state index in [1.807, 2.05) is 24.3 Å². The van der Waals surface area contributed by atoms with Crippen LogP contribution < -0.4 is 10.5 Å². The molecule has 1 fully saturated rings. The summed E-state index contributed by atoms with van der Waals surface area (Å²) in [7, 11) is 0. The van der Waals surface area contributed by atoms with Crippen molar-refractivity contribution in [3.05, 3.63) is 29.8 Å². The number of ether oxygens (including phenoxy) is 2. The molecule has 0 unspecified atom stereocenters. The molecule has 0 amide bonds. The van der Waals surface area contributed by atoms with Crippen LogP contribution in [0.1, 0.15) is 50.5 Å². The molecular weight excluding hydrogens is 250 g/mol. The monoisotopic (exact) mass is 277 g/mol. The van der Waals surface area contributed by atoms with Gasteiger partial charge < -0.3 is 15.2 Å².